The lowest BCUT2D eigenvalue weighted by molar-refractivity contribution is 0.433. The number of aromatic nitrogens is 3. The van der Waals surface area contributed by atoms with Crippen molar-refractivity contribution in [1.29, 1.82) is 0 Å². The Bertz CT molecular complexity index is 836. The average molecular weight is 306 g/mol. The van der Waals surface area contributed by atoms with Gasteiger partial charge in [0.1, 0.15) is 17.8 Å². The highest BCUT2D eigenvalue weighted by Gasteiger charge is 2.27. The van der Waals surface area contributed by atoms with Crippen LogP contribution in [0.1, 0.15) is 43.0 Å². The lowest BCUT2D eigenvalue weighted by Gasteiger charge is -2.32. The van der Waals surface area contributed by atoms with Gasteiger partial charge < -0.3 is 10.3 Å². The quantitative estimate of drug-likeness (QED) is 0.760. The van der Waals surface area contributed by atoms with E-state index >= 15 is 0 Å². The monoisotopic (exact) mass is 306 g/mol. The van der Waals surface area contributed by atoms with Crippen LogP contribution in [-0.4, -0.2) is 15.0 Å². The zero-order valence-electron chi connectivity index (χ0n) is 13.6. The molecule has 0 spiro atoms. The molecule has 1 aromatic carbocycles. The first-order chi connectivity index (χ1) is 11.3. The van der Waals surface area contributed by atoms with Crippen molar-refractivity contribution in [3.63, 3.8) is 0 Å². The number of nitrogens with one attached hydrogen (secondary N) is 2. The minimum absolute atomic E-state index is 0.303. The van der Waals surface area contributed by atoms with Gasteiger partial charge in [0.05, 0.1) is 11.4 Å². The first-order valence-electron chi connectivity index (χ1n) is 8.43. The number of aromatic amines is 1. The van der Waals surface area contributed by atoms with Crippen molar-refractivity contribution >= 4 is 16.9 Å². The number of rotatable bonds is 3. The van der Waals surface area contributed by atoms with Crippen molar-refractivity contribution in [1.82, 2.24) is 15.0 Å². The molecule has 1 aliphatic carbocycles. The first-order valence-corrected chi connectivity index (χ1v) is 8.43. The standard InChI is InChI=1S/C19H22N4/c1-3-13-10-20-18-16(13)19(22-11-21-18)23-17-12(2)8-9-14-6-4-5-7-15(14)17/h4-7,10-12,17H,3,8-9H2,1-2H3,(H2,20,21,22,23). The summed E-state index contributed by atoms with van der Waals surface area (Å²) in [6.07, 6.45) is 7.03. The third-order valence-corrected chi connectivity index (χ3v) is 5.05. The molecule has 3 aromatic rings. The summed E-state index contributed by atoms with van der Waals surface area (Å²) in [5.41, 5.74) is 5.04. The van der Waals surface area contributed by atoms with Gasteiger partial charge in [-0.1, -0.05) is 38.1 Å². The van der Waals surface area contributed by atoms with Gasteiger partial charge in [-0.15, -0.1) is 0 Å². The van der Waals surface area contributed by atoms with Crippen LogP contribution in [0.3, 0.4) is 0 Å². The number of fused-ring (bicyclic) bond motifs is 2. The maximum absolute atomic E-state index is 4.55. The molecule has 4 nitrogen and oxygen atoms in total. The summed E-state index contributed by atoms with van der Waals surface area (Å²) < 4.78 is 0. The highest BCUT2D eigenvalue weighted by molar-refractivity contribution is 5.90. The number of aryl methyl sites for hydroxylation is 2. The van der Waals surface area contributed by atoms with Gasteiger partial charge in [0.2, 0.25) is 0 Å². The van der Waals surface area contributed by atoms with Gasteiger partial charge in [-0.25, -0.2) is 9.97 Å². The van der Waals surface area contributed by atoms with Gasteiger partial charge in [0.15, 0.2) is 0 Å². The molecule has 2 heterocycles. The smallest absolute Gasteiger partial charge is 0.143 e. The van der Waals surface area contributed by atoms with Crippen molar-refractivity contribution in [3.05, 3.63) is 53.5 Å². The molecule has 0 aliphatic heterocycles. The molecule has 2 aromatic heterocycles. The Balaban J connectivity index is 1.78. The lowest BCUT2D eigenvalue weighted by Crippen LogP contribution is -2.25. The summed E-state index contributed by atoms with van der Waals surface area (Å²) in [7, 11) is 0. The second-order valence-corrected chi connectivity index (χ2v) is 6.45. The van der Waals surface area contributed by atoms with Crippen LogP contribution in [0.5, 0.6) is 0 Å². The van der Waals surface area contributed by atoms with E-state index in [2.05, 4.69) is 58.4 Å². The van der Waals surface area contributed by atoms with E-state index < -0.39 is 0 Å². The van der Waals surface area contributed by atoms with E-state index in [0.29, 0.717) is 12.0 Å². The van der Waals surface area contributed by atoms with Crippen LogP contribution in [0.4, 0.5) is 5.82 Å². The Kier molecular flexibility index (Phi) is 3.52. The topological polar surface area (TPSA) is 53.6 Å². The Morgan fingerprint density at radius 3 is 3.00 bits per heavy atom. The van der Waals surface area contributed by atoms with E-state index in [1.807, 2.05) is 6.20 Å². The Morgan fingerprint density at radius 1 is 1.26 bits per heavy atom. The normalized spacial score (nSPS) is 20.4. The van der Waals surface area contributed by atoms with Gasteiger partial charge in [-0.3, -0.25) is 0 Å². The molecule has 0 saturated heterocycles. The predicted octanol–water partition coefficient (Wildman–Crippen LogP) is 4.26. The van der Waals surface area contributed by atoms with Crippen molar-refractivity contribution in [2.45, 2.75) is 39.2 Å². The largest absolute Gasteiger partial charge is 0.362 e. The number of anilines is 1. The molecule has 2 unspecified atom stereocenters. The summed E-state index contributed by atoms with van der Waals surface area (Å²) in [4.78, 5) is 12.2. The molecule has 2 atom stereocenters. The molecular weight excluding hydrogens is 284 g/mol. The summed E-state index contributed by atoms with van der Waals surface area (Å²) in [6.45, 7) is 4.49. The maximum Gasteiger partial charge on any atom is 0.143 e. The van der Waals surface area contributed by atoms with Crippen molar-refractivity contribution < 1.29 is 0 Å². The minimum Gasteiger partial charge on any atom is -0.362 e. The Hall–Kier alpha value is -2.36. The first kappa shape index (κ1) is 14.2. The van der Waals surface area contributed by atoms with Crippen molar-refractivity contribution in [3.8, 4) is 0 Å². The van der Waals surface area contributed by atoms with E-state index in [1.165, 1.54) is 29.5 Å². The number of benzene rings is 1. The molecule has 0 bridgehead atoms. The molecule has 0 amide bonds. The number of hydrogen-bond acceptors (Lipinski definition) is 3. The molecule has 0 saturated carbocycles. The summed E-state index contributed by atoms with van der Waals surface area (Å²) in [5.74, 6) is 1.53. The van der Waals surface area contributed by atoms with Crippen LogP contribution in [-0.2, 0) is 12.8 Å². The number of nitrogens with zero attached hydrogens (tertiary/aromatic N) is 2. The van der Waals surface area contributed by atoms with E-state index in [1.54, 1.807) is 6.33 Å². The van der Waals surface area contributed by atoms with Gasteiger partial charge in [0.25, 0.3) is 0 Å². The summed E-state index contributed by atoms with van der Waals surface area (Å²) >= 11 is 0. The SMILES string of the molecule is CCc1c[nH]c2ncnc(NC3c4ccccc4CCC3C)c12. The fourth-order valence-electron chi connectivity index (χ4n) is 3.70. The van der Waals surface area contributed by atoms with Gasteiger partial charge in [-0.2, -0.15) is 0 Å². The highest BCUT2D eigenvalue weighted by Crippen LogP contribution is 2.37. The molecule has 0 fully saturated rings. The highest BCUT2D eigenvalue weighted by atomic mass is 15.1. The molecular formula is C19H22N4. The Labute approximate surface area is 136 Å². The molecule has 4 heteroatoms. The second-order valence-electron chi connectivity index (χ2n) is 6.45. The van der Waals surface area contributed by atoms with Gasteiger partial charge in [0, 0.05) is 6.20 Å². The fraction of sp³-hybridized carbons (Fsp3) is 0.368. The van der Waals surface area contributed by atoms with Crippen LogP contribution in [0.15, 0.2) is 36.8 Å². The molecule has 1 aliphatic rings. The van der Waals surface area contributed by atoms with E-state index in [9.17, 15) is 0 Å². The van der Waals surface area contributed by atoms with Gasteiger partial charge >= 0.3 is 0 Å². The van der Waals surface area contributed by atoms with Crippen LogP contribution < -0.4 is 5.32 Å². The summed E-state index contributed by atoms with van der Waals surface area (Å²) in [6, 6.07) is 9.07. The third-order valence-electron chi connectivity index (χ3n) is 5.05. The number of hydrogen-bond donors (Lipinski definition) is 2. The molecule has 23 heavy (non-hydrogen) atoms. The van der Waals surface area contributed by atoms with Crippen molar-refractivity contribution in [2.75, 3.05) is 5.32 Å². The van der Waals surface area contributed by atoms with E-state index in [-0.39, 0.29) is 0 Å². The predicted molar refractivity (Wildman–Crippen MR) is 93.6 cm³/mol. The lowest BCUT2D eigenvalue weighted by atomic mass is 9.80. The molecule has 0 radical (unpaired) electrons. The van der Waals surface area contributed by atoms with Crippen molar-refractivity contribution in [2.24, 2.45) is 5.92 Å². The molecule has 118 valence electrons. The average Bonchev–Trinajstić information content (AvgIpc) is 3.01. The van der Waals surface area contributed by atoms with Crippen LogP contribution >= 0.6 is 0 Å². The second kappa shape index (κ2) is 5.69. The maximum atomic E-state index is 4.55. The van der Waals surface area contributed by atoms with Gasteiger partial charge in [-0.05, 0) is 41.9 Å². The zero-order chi connectivity index (χ0) is 15.8. The fourth-order valence-corrected chi connectivity index (χ4v) is 3.70. The third kappa shape index (κ3) is 2.38. The van der Waals surface area contributed by atoms with Crippen LogP contribution in [0.2, 0.25) is 0 Å². The van der Waals surface area contributed by atoms with Crippen LogP contribution in [0, 0.1) is 5.92 Å². The molecule has 4 rings (SSSR count). The summed E-state index contributed by atoms with van der Waals surface area (Å²) in [5, 5.41) is 4.85. The van der Waals surface area contributed by atoms with E-state index in [0.717, 1.165) is 23.3 Å². The van der Waals surface area contributed by atoms with E-state index in [4.69, 9.17) is 0 Å². The Morgan fingerprint density at radius 2 is 2.13 bits per heavy atom. The number of H-pyrrole nitrogens is 1. The minimum atomic E-state index is 0.303. The van der Waals surface area contributed by atoms with Crippen LogP contribution in [0.25, 0.3) is 11.0 Å². The molecule has 2 N–H and O–H groups in total. The zero-order valence-corrected chi connectivity index (χ0v) is 13.6.